The summed E-state index contributed by atoms with van der Waals surface area (Å²) in [5, 5.41) is 18.3. The summed E-state index contributed by atoms with van der Waals surface area (Å²) in [6.45, 7) is 0.309. The van der Waals surface area contributed by atoms with Crippen LogP contribution < -0.4 is 5.73 Å². The Kier molecular flexibility index (Phi) is 3.39. The molecule has 0 radical (unpaired) electrons. The fourth-order valence-corrected chi connectivity index (χ4v) is 3.47. The highest BCUT2D eigenvalue weighted by Gasteiger charge is 2.64. The number of carbonyl (C=O) groups is 3. The molecular formula is C11H14ClN3O5. The minimum Gasteiger partial charge on any atom is -0.477 e. The first kappa shape index (κ1) is 14.6. The molecule has 0 saturated carbocycles. The molecule has 110 valence electrons. The molecule has 2 fully saturated rings. The molecule has 1 unspecified atom stereocenters. The van der Waals surface area contributed by atoms with Crippen LogP contribution in [0.1, 0.15) is 6.42 Å². The maximum absolute atomic E-state index is 12.0. The van der Waals surface area contributed by atoms with Crippen LogP contribution in [0.25, 0.3) is 0 Å². The number of piperidine rings is 1. The van der Waals surface area contributed by atoms with Gasteiger partial charge in [-0.3, -0.25) is 14.6 Å². The third-order valence-electron chi connectivity index (χ3n) is 4.20. The van der Waals surface area contributed by atoms with Gasteiger partial charge in [-0.15, -0.1) is 12.4 Å². The number of likely N-dealkylation sites (tertiary alicyclic amines) is 1. The smallest absolute Gasteiger partial charge is 0.408 e. The van der Waals surface area contributed by atoms with Gasteiger partial charge in [0.2, 0.25) is 0 Å². The number of rotatable bonds is 2. The molecule has 3 rings (SSSR count). The summed E-state index contributed by atoms with van der Waals surface area (Å²) in [6, 6.07) is -1.14. The van der Waals surface area contributed by atoms with E-state index in [4.69, 9.17) is 10.8 Å². The Labute approximate surface area is 120 Å². The first-order valence-electron chi connectivity index (χ1n) is 5.98. The van der Waals surface area contributed by atoms with Gasteiger partial charge in [-0.2, -0.15) is 0 Å². The number of carboxylic acids is 1. The molecule has 20 heavy (non-hydrogen) atoms. The number of nitrogens with zero attached hydrogens (tertiary/aromatic N) is 2. The highest BCUT2D eigenvalue weighted by atomic mass is 35.5. The van der Waals surface area contributed by atoms with Gasteiger partial charge in [0.15, 0.2) is 0 Å². The fourth-order valence-electron chi connectivity index (χ4n) is 3.47. The van der Waals surface area contributed by atoms with Crippen LogP contribution in [0, 0.1) is 5.92 Å². The number of carboxylic acid groups (broad SMARTS) is 2. The van der Waals surface area contributed by atoms with Crippen molar-refractivity contribution in [2.75, 3.05) is 13.1 Å². The Hall–Kier alpha value is -1.80. The predicted octanol–water partition coefficient (Wildman–Crippen LogP) is -0.702. The van der Waals surface area contributed by atoms with Crippen LogP contribution in [0.5, 0.6) is 0 Å². The van der Waals surface area contributed by atoms with E-state index in [-0.39, 0.29) is 43.2 Å². The summed E-state index contributed by atoms with van der Waals surface area (Å²) in [7, 11) is 0. The Bertz CT molecular complexity index is 534. The second-order valence-corrected chi connectivity index (χ2v) is 4.90. The molecule has 4 N–H and O–H groups in total. The van der Waals surface area contributed by atoms with Crippen molar-refractivity contribution in [3.8, 4) is 0 Å². The average Bonchev–Trinajstić information content (AvgIpc) is 2.69. The summed E-state index contributed by atoms with van der Waals surface area (Å²) < 4.78 is 0. The van der Waals surface area contributed by atoms with Crippen molar-refractivity contribution < 1.29 is 24.6 Å². The summed E-state index contributed by atoms with van der Waals surface area (Å²) >= 11 is 0. The third-order valence-corrected chi connectivity index (χ3v) is 4.20. The van der Waals surface area contributed by atoms with E-state index in [1.807, 2.05) is 0 Å². The summed E-state index contributed by atoms with van der Waals surface area (Å²) in [4.78, 5) is 36.7. The number of aliphatic carboxylic acids is 1. The number of amides is 2. The van der Waals surface area contributed by atoms with Gasteiger partial charge < -0.3 is 15.9 Å². The largest absolute Gasteiger partial charge is 0.477 e. The van der Waals surface area contributed by atoms with Crippen LogP contribution in [0.3, 0.4) is 0 Å². The molecule has 0 aromatic carbocycles. The average molecular weight is 304 g/mol. The fraction of sp³-hybridized carbons (Fsp3) is 0.545. The zero-order valence-corrected chi connectivity index (χ0v) is 11.2. The van der Waals surface area contributed by atoms with E-state index in [2.05, 4.69) is 0 Å². The molecule has 2 saturated heterocycles. The second-order valence-electron chi connectivity index (χ2n) is 4.90. The van der Waals surface area contributed by atoms with Crippen LogP contribution in [-0.4, -0.2) is 63.2 Å². The summed E-state index contributed by atoms with van der Waals surface area (Å²) in [5.74, 6) is -1.77. The number of hydrogen-bond donors (Lipinski definition) is 3. The molecule has 3 heterocycles. The van der Waals surface area contributed by atoms with Gasteiger partial charge >= 0.3 is 12.1 Å². The second kappa shape index (κ2) is 4.64. The molecule has 2 amide bonds. The molecular weight excluding hydrogens is 290 g/mol. The standard InChI is InChI=1S/C11H13N3O5.ClH/c12-3-5-4-1-2-13(11(18)19)8-6(4)14(9(8)15)7(5)10(16)17;/h4,6,8H,1-3,12H2,(H,16,17)(H,18,19);1H/t4?,6-,8+;/m1./s1. The number of carbonyl (C=O) groups excluding carboxylic acids is 1. The lowest BCUT2D eigenvalue weighted by atomic mass is 9.78. The monoisotopic (exact) mass is 303 g/mol. The lowest BCUT2D eigenvalue weighted by molar-refractivity contribution is -0.161. The lowest BCUT2D eigenvalue weighted by Crippen LogP contribution is -2.73. The van der Waals surface area contributed by atoms with Crippen LogP contribution >= 0.6 is 12.4 Å². The maximum Gasteiger partial charge on any atom is 0.408 e. The highest BCUT2D eigenvalue weighted by Crippen LogP contribution is 2.48. The van der Waals surface area contributed by atoms with E-state index in [9.17, 15) is 19.5 Å². The Balaban J connectivity index is 0.00000147. The van der Waals surface area contributed by atoms with Crippen LogP contribution in [0.2, 0.25) is 0 Å². The van der Waals surface area contributed by atoms with Gasteiger partial charge in [0.05, 0.1) is 6.04 Å². The molecule has 9 heteroatoms. The minimum absolute atomic E-state index is 0. The molecule has 0 aromatic heterocycles. The Morgan fingerprint density at radius 1 is 1.35 bits per heavy atom. The predicted molar refractivity (Wildman–Crippen MR) is 68.2 cm³/mol. The maximum atomic E-state index is 12.0. The van der Waals surface area contributed by atoms with E-state index in [1.165, 1.54) is 4.90 Å². The zero-order chi connectivity index (χ0) is 13.9. The van der Waals surface area contributed by atoms with Gasteiger partial charge in [-0.1, -0.05) is 0 Å². The number of halogens is 1. The first-order chi connectivity index (χ1) is 8.99. The number of β-lactam (4-membered cyclic amide) rings is 1. The summed E-state index contributed by atoms with van der Waals surface area (Å²) in [5.41, 5.74) is 6.10. The molecule has 0 spiro atoms. The molecule has 3 atom stereocenters. The number of hydrogen-bond acceptors (Lipinski definition) is 4. The molecule has 0 aromatic rings. The third kappa shape index (κ3) is 1.55. The van der Waals surface area contributed by atoms with Gasteiger partial charge in [0.25, 0.3) is 5.91 Å². The van der Waals surface area contributed by atoms with Crippen LogP contribution in [-0.2, 0) is 9.59 Å². The zero-order valence-electron chi connectivity index (χ0n) is 10.4. The minimum atomic E-state index is -1.18. The van der Waals surface area contributed by atoms with Crippen LogP contribution in [0.15, 0.2) is 11.3 Å². The molecule has 0 aliphatic carbocycles. The van der Waals surface area contributed by atoms with E-state index in [0.29, 0.717) is 12.0 Å². The SMILES string of the molecule is Cl.NCC1=C(C(=O)O)N2C(=O)[C@@H]3[C@H]2C1CCN3C(=O)O. The van der Waals surface area contributed by atoms with Crippen molar-refractivity contribution in [2.45, 2.75) is 18.5 Å². The van der Waals surface area contributed by atoms with Crippen molar-refractivity contribution in [3.05, 3.63) is 11.3 Å². The normalized spacial score (nSPS) is 30.6. The quantitative estimate of drug-likeness (QED) is 0.579. The van der Waals surface area contributed by atoms with Crippen LogP contribution in [0.4, 0.5) is 4.79 Å². The Morgan fingerprint density at radius 2 is 2.00 bits per heavy atom. The van der Waals surface area contributed by atoms with Gasteiger partial charge in [-0.05, 0) is 12.0 Å². The van der Waals surface area contributed by atoms with E-state index in [1.54, 1.807) is 0 Å². The van der Waals surface area contributed by atoms with E-state index < -0.39 is 24.0 Å². The van der Waals surface area contributed by atoms with Crippen molar-refractivity contribution in [1.29, 1.82) is 0 Å². The molecule has 8 nitrogen and oxygen atoms in total. The van der Waals surface area contributed by atoms with Crippen molar-refractivity contribution in [3.63, 3.8) is 0 Å². The molecule has 3 aliphatic rings. The van der Waals surface area contributed by atoms with Gasteiger partial charge in [0.1, 0.15) is 11.7 Å². The van der Waals surface area contributed by atoms with Crippen molar-refractivity contribution in [1.82, 2.24) is 9.80 Å². The van der Waals surface area contributed by atoms with E-state index in [0.717, 1.165) is 4.90 Å². The molecule has 0 bridgehead atoms. The Morgan fingerprint density at radius 3 is 2.50 bits per heavy atom. The lowest BCUT2D eigenvalue weighted by Gasteiger charge is -2.52. The first-order valence-corrected chi connectivity index (χ1v) is 5.98. The van der Waals surface area contributed by atoms with Gasteiger partial charge in [0, 0.05) is 19.0 Å². The highest BCUT2D eigenvalue weighted by molar-refractivity contribution is 6.02. The van der Waals surface area contributed by atoms with Gasteiger partial charge in [-0.25, -0.2) is 9.59 Å². The molecule has 3 aliphatic heterocycles. The topological polar surface area (TPSA) is 124 Å². The van der Waals surface area contributed by atoms with Crippen molar-refractivity contribution in [2.24, 2.45) is 11.7 Å². The van der Waals surface area contributed by atoms with E-state index >= 15 is 0 Å². The van der Waals surface area contributed by atoms with Crippen molar-refractivity contribution >= 4 is 30.4 Å². The number of nitrogens with two attached hydrogens (primary N) is 1. The summed E-state index contributed by atoms with van der Waals surface area (Å²) in [6.07, 6.45) is -0.643.